The zero-order valence-corrected chi connectivity index (χ0v) is 36.8. The number of rotatable bonds is 20. The maximum Gasteiger partial charge on any atom is 0.255 e. The fourth-order valence-electron chi connectivity index (χ4n) is 8.57. The second-order valence-corrected chi connectivity index (χ2v) is 16.3. The quantitative estimate of drug-likeness (QED) is 0.134. The van der Waals surface area contributed by atoms with E-state index < -0.39 is 23.6 Å². The molecule has 2 amide bonds. The molecule has 3 N–H and O–H groups in total. The van der Waals surface area contributed by atoms with Gasteiger partial charge in [-0.05, 0) is 76.4 Å². The zero-order chi connectivity index (χ0) is 44.9. The number of nitrogens with zero attached hydrogens (tertiary/aromatic N) is 6. The molecule has 0 radical (unpaired) electrons. The monoisotopic (exact) mass is 857 g/mol. The molecular formula is C46H61F2N9O5. The molecule has 334 valence electrons. The minimum atomic E-state index is -0.847. The number of ether oxygens (including phenoxy) is 1. The van der Waals surface area contributed by atoms with E-state index in [9.17, 15) is 24.4 Å². The van der Waals surface area contributed by atoms with Crippen LogP contribution >= 0.6 is 0 Å². The van der Waals surface area contributed by atoms with Gasteiger partial charge in [0.05, 0.1) is 29.6 Å². The lowest BCUT2D eigenvalue weighted by atomic mass is 9.95. The van der Waals surface area contributed by atoms with Crippen LogP contribution in [0.4, 0.5) is 31.5 Å². The summed E-state index contributed by atoms with van der Waals surface area (Å²) in [7, 11) is 6.37. The fourth-order valence-corrected chi connectivity index (χ4v) is 8.57. The Morgan fingerprint density at radius 2 is 1.69 bits per heavy atom. The van der Waals surface area contributed by atoms with Crippen LogP contribution in [-0.4, -0.2) is 139 Å². The minimum absolute atomic E-state index is 0.0483. The molecule has 0 aromatic heterocycles. The van der Waals surface area contributed by atoms with Crippen LogP contribution < -0.4 is 35.4 Å². The average Bonchev–Trinajstić information content (AvgIpc) is 3.29. The minimum Gasteiger partial charge on any atom is -0.495 e. The topological polar surface area (TPSA) is 154 Å². The Labute approximate surface area is 364 Å². The standard InChI is InChI=1S/C46H61F2N9O5/c1-31(28-57(32(2)27-50-3)37-10-9-34(26-49)44(23-37)62-6)52-41-24-40(48)43(25-39(41)47)56-15-13-33(14-16-56)29-54-17-19-55(20-18-54)36-11-12-38(35(22-36)30-59)46(61)53(5)42(8-7-21-58)45(60)51-4/h9-12,21-25,30-33,42,50,52H,7-8,13-20,27-29H2,1-6H3,(H,51,60). The summed E-state index contributed by atoms with van der Waals surface area (Å²) in [4.78, 5) is 58.9. The number of nitrogens with one attached hydrogen (secondary N) is 3. The van der Waals surface area contributed by atoms with Gasteiger partial charge in [-0.3, -0.25) is 19.3 Å². The summed E-state index contributed by atoms with van der Waals surface area (Å²) >= 11 is 0. The number of hydrogen-bond acceptors (Lipinski definition) is 12. The molecule has 0 bridgehead atoms. The van der Waals surface area contributed by atoms with E-state index in [0.717, 1.165) is 56.9 Å². The summed E-state index contributed by atoms with van der Waals surface area (Å²) in [5.74, 6) is -0.970. The third-order valence-corrected chi connectivity index (χ3v) is 12.1. The van der Waals surface area contributed by atoms with Crippen molar-refractivity contribution in [2.75, 3.05) is 107 Å². The number of carbonyl (C=O) groups excluding carboxylic acids is 4. The van der Waals surface area contributed by atoms with Crippen LogP contribution in [-0.2, 0) is 9.59 Å². The van der Waals surface area contributed by atoms with E-state index in [1.165, 1.54) is 38.2 Å². The first-order chi connectivity index (χ1) is 29.8. The van der Waals surface area contributed by atoms with Crippen molar-refractivity contribution in [2.45, 2.75) is 57.7 Å². The summed E-state index contributed by atoms with van der Waals surface area (Å²) in [6.07, 6.45) is 3.35. The highest BCUT2D eigenvalue weighted by Crippen LogP contribution is 2.32. The Hall–Kier alpha value is -5.79. The Balaban J connectivity index is 1.13. The first kappa shape index (κ1) is 47.3. The van der Waals surface area contributed by atoms with Crippen molar-refractivity contribution >= 4 is 47.1 Å². The normalized spacial score (nSPS) is 16.1. The second kappa shape index (κ2) is 22.3. The van der Waals surface area contributed by atoms with Gasteiger partial charge in [-0.15, -0.1) is 0 Å². The Kier molecular flexibility index (Phi) is 17.0. The molecule has 3 aromatic carbocycles. The van der Waals surface area contributed by atoms with Crippen LogP contribution in [0, 0.1) is 28.9 Å². The molecule has 3 unspecified atom stereocenters. The number of aldehydes is 2. The highest BCUT2D eigenvalue weighted by Gasteiger charge is 2.30. The van der Waals surface area contributed by atoms with Gasteiger partial charge in [0.15, 0.2) is 6.29 Å². The smallest absolute Gasteiger partial charge is 0.255 e. The van der Waals surface area contributed by atoms with Crippen LogP contribution in [0.25, 0.3) is 0 Å². The molecule has 0 spiro atoms. The number of benzene rings is 3. The molecule has 0 saturated carbocycles. The van der Waals surface area contributed by atoms with Crippen molar-refractivity contribution in [3.8, 4) is 11.8 Å². The summed E-state index contributed by atoms with van der Waals surface area (Å²) < 4.78 is 36.8. The van der Waals surface area contributed by atoms with Gasteiger partial charge in [-0.2, -0.15) is 5.26 Å². The molecule has 5 rings (SSSR count). The van der Waals surface area contributed by atoms with Crippen molar-refractivity contribution in [3.63, 3.8) is 0 Å². The largest absolute Gasteiger partial charge is 0.495 e. The fraction of sp³-hybridized carbons (Fsp3) is 0.500. The lowest BCUT2D eigenvalue weighted by molar-refractivity contribution is -0.125. The molecule has 2 saturated heterocycles. The number of piperidine rings is 1. The number of carbonyl (C=O) groups is 4. The first-order valence-electron chi connectivity index (χ1n) is 21.3. The van der Waals surface area contributed by atoms with E-state index >= 15 is 8.78 Å². The van der Waals surface area contributed by atoms with Crippen molar-refractivity contribution in [1.82, 2.24) is 20.4 Å². The van der Waals surface area contributed by atoms with Gasteiger partial charge < -0.3 is 45.1 Å². The van der Waals surface area contributed by atoms with Crippen LogP contribution in [0.1, 0.15) is 65.8 Å². The highest BCUT2D eigenvalue weighted by atomic mass is 19.1. The SMILES string of the molecule is CNCC(C)N(CC(C)Nc1cc(F)c(N2CCC(CN3CCN(c4ccc(C(=O)N(C)C(CCC=O)C(=O)NC)c(C=O)c4)CC3)CC2)cc1F)c1ccc(C#N)c(OC)c1. The molecule has 3 atom stereocenters. The zero-order valence-electron chi connectivity index (χ0n) is 36.8. The second-order valence-electron chi connectivity index (χ2n) is 16.3. The third-order valence-electron chi connectivity index (χ3n) is 12.1. The molecule has 3 aromatic rings. The van der Waals surface area contributed by atoms with E-state index in [2.05, 4.69) is 43.6 Å². The number of anilines is 4. The number of halogens is 2. The number of likely N-dealkylation sites (N-methyl/N-ethyl adjacent to an activating group) is 3. The van der Waals surface area contributed by atoms with Gasteiger partial charge in [-0.25, -0.2) is 8.78 Å². The predicted molar refractivity (Wildman–Crippen MR) is 239 cm³/mol. The number of nitriles is 1. The molecule has 14 nitrogen and oxygen atoms in total. The molecule has 2 heterocycles. The van der Waals surface area contributed by atoms with Crippen molar-refractivity contribution in [2.24, 2.45) is 5.92 Å². The molecule has 2 fully saturated rings. The predicted octanol–water partition coefficient (Wildman–Crippen LogP) is 4.78. The number of piperazine rings is 1. The van der Waals surface area contributed by atoms with Crippen LogP contribution in [0.5, 0.6) is 5.75 Å². The maximum absolute atomic E-state index is 15.7. The number of hydrogen-bond donors (Lipinski definition) is 3. The molecule has 0 aliphatic carbocycles. The summed E-state index contributed by atoms with van der Waals surface area (Å²) in [5, 5.41) is 18.4. The Morgan fingerprint density at radius 1 is 0.968 bits per heavy atom. The van der Waals surface area contributed by atoms with Crippen molar-refractivity contribution in [1.29, 1.82) is 5.26 Å². The number of amides is 2. The van der Waals surface area contributed by atoms with Gasteiger partial charge in [0.2, 0.25) is 5.91 Å². The Morgan fingerprint density at radius 3 is 2.32 bits per heavy atom. The van der Waals surface area contributed by atoms with Gasteiger partial charge >= 0.3 is 0 Å². The highest BCUT2D eigenvalue weighted by molar-refractivity contribution is 6.03. The summed E-state index contributed by atoms with van der Waals surface area (Å²) in [6, 6.07) is 14.2. The molecule has 2 aliphatic heterocycles. The van der Waals surface area contributed by atoms with Crippen LogP contribution in [0.15, 0.2) is 48.5 Å². The number of methoxy groups -OCH3 is 1. The van der Waals surface area contributed by atoms with Gasteiger partial charge in [0, 0.05) is 127 Å². The van der Waals surface area contributed by atoms with E-state index in [-0.39, 0.29) is 53.3 Å². The van der Waals surface area contributed by atoms with Crippen molar-refractivity contribution < 1.29 is 32.7 Å². The molecule has 16 heteroatoms. The Bertz CT molecular complexity index is 2070. The van der Waals surface area contributed by atoms with E-state index in [1.54, 1.807) is 18.2 Å². The lowest BCUT2D eigenvalue weighted by Crippen LogP contribution is -2.49. The van der Waals surface area contributed by atoms with Crippen LogP contribution in [0.2, 0.25) is 0 Å². The summed E-state index contributed by atoms with van der Waals surface area (Å²) in [5.41, 5.74) is 2.91. The van der Waals surface area contributed by atoms with Gasteiger partial charge in [-0.1, -0.05) is 0 Å². The van der Waals surface area contributed by atoms with E-state index in [1.807, 2.05) is 37.1 Å². The van der Waals surface area contributed by atoms with E-state index in [0.29, 0.717) is 56.0 Å². The lowest BCUT2D eigenvalue weighted by Gasteiger charge is -2.40. The molecule has 2 aliphatic rings. The molecule has 62 heavy (non-hydrogen) atoms. The van der Waals surface area contributed by atoms with Crippen LogP contribution in [0.3, 0.4) is 0 Å². The van der Waals surface area contributed by atoms with Crippen molar-refractivity contribution in [3.05, 3.63) is 76.9 Å². The van der Waals surface area contributed by atoms with Gasteiger partial charge in [0.25, 0.3) is 5.91 Å². The maximum atomic E-state index is 15.7. The molecular weight excluding hydrogens is 797 g/mol. The van der Waals surface area contributed by atoms with Gasteiger partial charge in [0.1, 0.15) is 35.8 Å². The first-order valence-corrected chi connectivity index (χ1v) is 21.3. The third kappa shape index (κ3) is 11.6. The summed E-state index contributed by atoms with van der Waals surface area (Å²) in [6.45, 7) is 10.4. The van der Waals surface area contributed by atoms with E-state index in [4.69, 9.17) is 4.74 Å². The average molecular weight is 858 g/mol.